The number of carbonyl (C=O) groups excluding carboxylic acids is 2. The zero-order valence-corrected chi connectivity index (χ0v) is 19.3. The fourth-order valence-electron chi connectivity index (χ4n) is 4.50. The lowest BCUT2D eigenvalue weighted by Crippen LogP contribution is -2.42. The topological polar surface area (TPSA) is 113 Å². The van der Waals surface area contributed by atoms with Crippen LogP contribution >= 0.6 is 0 Å². The average molecular weight is 480 g/mol. The van der Waals surface area contributed by atoms with Crippen LogP contribution in [0.4, 0.5) is 0 Å². The zero-order valence-electron chi connectivity index (χ0n) is 18.5. The van der Waals surface area contributed by atoms with Gasteiger partial charge in [0.25, 0.3) is 11.8 Å². The standard InChI is InChI=1S/C24H25N5O4S/c30-23(17-11-13-19(14-12-17)34(32,33)28-15-4-5-16-28)25-26-24(31)22-20-9-6-10-21(20)29(27-22)18-7-2-1-3-8-18/h1-3,7-8,11-14H,4-6,9-10,15-16H2,(H,25,30)(H,26,31). The molecule has 1 aliphatic heterocycles. The predicted molar refractivity (Wildman–Crippen MR) is 125 cm³/mol. The number of carbonyl (C=O) groups is 2. The minimum atomic E-state index is -3.55. The summed E-state index contributed by atoms with van der Waals surface area (Å²) in [7, 11) is -3.55. The van der Waals surface area contributed by atoms with Gasteiger partial charge in [-0.2, -0.15) is 9.40 Å². The number of nitrogens with one attached hydrogen (secondary N) is 2. The van der Waals surface area contributed by atoms with Gasteiger partial charge in [0.05, 0.1) is 10.6 Å². The first kappa shape index (κ1) is 22.3. The largest absolute Gasteiger partial charge is 0.290 e. The Morgan fingerprint density at radius 3 is 2.21 bits per heavy atom. The molecular weight excluding hydrogens is 454 g/mol. The maximum atomic E-state index is 12.8. The summed E-state index contributed by atoms with van der Waals surface area (Å²) in [5.41, 5.74) is 8.16. The molecule has 2 aromatic carbocycles. The molecule has 2 N–H and O–H groups in total. The van der Waals surface area contributed by atoms with Crippen LogP contribution in [0.15, 0.2) is 59.5 Å². The van der Waals surface area contributed by atoms with Gasteiger partial charge in [0.1, 0.15) is 0 Å². The third-order valence-electron chi connectivity index (χ3n) is 6.25. The highest BCUT2D eigenvalue weighted by atomic mass is 32.2. The molecule has 2 aliphatic rings. The smallest absolute Gasteiger partial charge is 0.267 e. The summed E-state index contributed by atoms with van der Waals surface area (Å²) < 4.78 is 28.5. The molecule has 2 amide bonds. The molecule has 0 atom stereocenters. The monoisotopic (exact) mass is 479 g/mol. The van der Waals surface area contributed by atoms with E-state index in [0.29, 0.717) is 18.8 Å². The van der Waals surface area contributed by atoms with Crippen molar-refractivity contribution in [3.8, 4) is 5.69 Å². The van der Waals surface area contributed by atoms with E-state index in [-0.39, 0.29) is 10.5 Å². The Balaban J connectivity index is 1.27. The molecule has 2 heterocycles. The summed E-state index contributed by atoms with van der Waals surface area (Å²) in [5, 5.41) is 4.51. The summed E-state index contributed by atoms with van der Waals surface area (Å²) in [5.74, 6) is -1.04. The van der Waals surface area contributed by atoms with Crippen molar-refractivity contribution in [3.05, 3.63) is 77.1 Å². The summed E-state index contributed by atoms with van der Waals surface area (Å²) in [6.07, 6.45) is 4.24. The number of nitrogens with zero attached hydrogens (tertiary/aromatic N) is 3. The minimum Gasteiger partial charge on any atom is -0.267 e. The average Bonchev–Trinajstić information content (AvgIpc) is 3.62. The molecule has 1 aromatic heterocycles. The van der Waals surface area contributed by atoms with E-state index in [4.69, 9.17) is 0 Å². The highest BCUT2D eigenvalue weighted by Crippen LogP contribution is 2.27. The maximum Gasteiger partial charge on any atom is 0.290 e. The summed E-state index contributed by atoms with van der Waals surface area (Å²) in [4.78, 5) is 25.5. The van der Waals surface area contributed by atoms with Crippen LogP contribution in [0, 0.1) is 0 Å². The van der Waals surface area contributed by atoms with Gasteiger partial charge in [-0.1, -0.05) is 18.2 Å². The van der Waals surface area contributed by atoms with E-state index in [1.54, 1.807) is 4.68 Å². The van der Waals surface area contributed by atoms with Crippen molar-refractivity contribution >= 4 is 21.8 Å². The number of amides is 2. The third kappa shape index (κ3) is 4.10. The Kier molecular flexibility index (Phi) is 5.93. The van der Waals surface area contributed by atoms with E-state index in [9.17, 15) is 18.0 Å². The summed E-state index contributed by atoms with van der Waals surface area (Å²) >= 11 is 0. The molecule has 1 saturated heterocycles. The van der Waals surface area contributed by atoms with E-state index in [0.717, 1.165) is 49.0 Å². The van der Waals surface area contributed by atoms with Crippen LogP contribution in [0.2, 0.25) is 0 Å². The molecule has 3 aromatic rings. The number of rotatable bonds is 5. The van der Waals surface area contributed by atoms with E-state index in [1.807, 2.05) is 30.3 Å². The number of hydrazine groups is 1. The van der Waals surface area contributed by atoms with Gasteiger partial charge >= 0.3 is 0 Å². The quantitative estimate of drug-likeness (QED) is 0.545. The van der Waals surface area contributed by atoms with Crippen molar-refractivity contribution in [1.29, 1.82) is 0 Å². The lowest BCUT2D eigenvalue weighted by Gasteiger charge is -2.15. The number of hydrogen-bond donors (Lipinski definition) is 2. The van der Waals surface area contributed by atoms with E-state index in [2.05, 4.69) is 16.0 Å². The van der Waals surface area contributed by atoms with Crippen LogP contribution in [0.1, 0.15) is 51.4 Å². The van der Waals surface area contributed by atoms with Crippen LogP contribution in [0.3, 0.4) is 0 Å². The zero-order chi connectivity index (χ0) is 23.7. The van der Waals surface area contributed by atoms with Crippen molar-refractivity contribution in [3.63, 3.8) is 0 Å². The van der Waals surface area contributed by atoms with Gasteiger partial charge in [-0.3, -0.25) is 20.4 Å². The Bertz CT molecular complexity index is 1330. The number of hydrogen-bond acceptors (Lipinski definition) is 5. The molecule has 0 bridgehead atoms. The molecule has 9 nitrogen and oxygen atoms in total. The lowest BCUT2D eigenvalue weighted by atomic mass is 10.2. The normalized spacial score (nSPS) is 15.8. The van der Waals surface area contributed by atoms with Gasteiger partial charge < -0.3 is 0 Å². The molecule has 10 heteroatoms. The van der Waals surface area contributed by atoms with Crippen LogP contribution in [0.25, 0.3) is 5.69 Å². The molecule has 1 fully saturated rings. The molecule has 34 heavy (non-hydrogen) atoms. The van der Waals surface area contributed by atoms with Gasteiger partial charge in [0.15, 0.2) is 5.69 Å². The van der Waals surface area contributed by atoms with Crippen molar-refractivity contribution in [1.82, 2.24) is 24.9 Å². The van der Waals surface area contributed by atoms with Crippen molar-refractivity contribution in [2.24, 2.45) is 0 Å². The Morgan fingerprint density at radius 1 is 0.824 bits per heavy atom. The van der Waals surface area contributed by atoms with E-state index >= 15 is 0 Å². The Labute approximate surface area is 197 Å². The van der Waals surface area contributed by atoms with Crippen molar-refractivity contribution in [2.75, 3.05) is 13.1 Å². The second kappa shape index (κ2) is 9.03. The van der Waals surface area contributed by atoms with Crippen LogP contribution in [0.5, 0.6) is 0 Å². The Hall–Kier alpha value is -3.50. The summed E-state index contributed by atoms with van der Waals surface area (Å²) in [6, 6.07) is 15.3. The predicted octanol–water partition coefficient (Wildman–Crippen LogP) is 2.22. The second-order valence-electron chi connectivity index (χ2n) is 8.42. The van der Waals surface area contributed by atoms with Gasteiger partial charge in [0.2, 0.25) is 10.0 Å². The second-order valence-corrected chi connectivity index (χ2v) is 10.4. The Morgan fingerprint density at radius 2 is 1.50 bits per heavy atom. The third-order valence-corrected chi connectivity index (χ3v) is 8.17. The number of benzene rings is 2. The van der Waals surface area contributed by atoms with E-state index in [1.165, 1.54) is 28.6 Å². The number of sulfonamides is 1. The first-order chi connectivity index (χ1) is 16.4. The fraction of sp³-hybridized carbons (Fsp3) is 0.292. The first-order valence-electron chi connectivity index (χ1n) is 11.3. The number of aromatic nitrogens is 2. The SMILES string of the molecule is O=C(NNC(=O)c1nn(-c2ccccc2)c2c1CCC2)c1ccc(S(=O)(=O)N2CCCC2)cc1. The van der Waals surface area contributed by atoms with Crippen LogP contribution < -0.4 is 10.9 Å². The molecule has 0 spiro atoms. The highest BCUT2D eigenvalue weighted by molar-refractivity contribution is 7.89. The highest BCUT2D eigenvalue weighted by Gasteiger charge is 2.28. The fourth-order valence-corrected chi connectivity index (χ4v) is 6.02. The van der Waals surface area contributed by atoms with Crippen molar-refractivity contribution < 1.29 is 18.0 Å². The first-order valence-corrected chi connectivity index (χ1v) is 12.8. The van der Waals surface area contributed by atoms with E-state index < -0.39 is 21.8 Å². The molecule has 176 valence electrons. The maximum absolute atomic E-state index is 12.8. The molecular formula is C24H25N5O4S. The lowest BCUT2D eigenvalue weighted by molar-refractivity contribution is 0.0843. The molecule has 0 radical (unpaired) electrons. The number of para-hydroxylation sites is 1. The summed E-state index contributed by atoms with van der Waals surface area (Å²) in [6.45, 7) is 1.03. The van der Waals surface area contributed by atoms with Crippen molar-refractivity contribution in [2.45, 2.75) is 37.0 Å². The van der Waals surface area contributed by atoms with Crippen LogP contribution in [-0.2, 0) is 22.9 Å². The van der Waals surface area contributed by atoms with Gasteiger partial charge in [0, 0.05) is 29.9 Å². The van der Waals surface area contributed by atoms with Gasteiger partial charge in [-0.25, -0.2) is 13.1 Å². The van der Waals surface area contributed by atoms with Crippen LogP contribution in [-0.4, -0.2) is 47.4 Å². The number of fused-ring (bicyclic) bond motifs is 1. The molecule has 0 saturated carbocycles. The minimum absolute atomic E-state index is 0.150. The van der Waals surface area contributed by atoms with Gasteiger partial charge in [-0.05, 0) is 68.5 Å². The molecule has 0 unspecified atom stereocenters. The molecule has 5 rings (SSSR count). The molecule has 1 aliphatic carbocycles. The van der Waals surface area contributed by atoms with Gasteiger partial charge in [-0.15, -0.1) is 0 Å².